The first-order chi connectivity index (χ1) is 10.7. The summed E-state index contributed by atoms with van der Waals surface area (Å²) in [7, 11) is 1.96. The highest BCUT2D eigenvalue weighted by Crippen LogP contribution is 2.21. The molecule has 0 spiro atoms. The predicted molar refractivity (Wildman–Crippen MR) is 100 cm³/mol. The molecule has 7 heteroatoms. The molecule has 5 nitrogen and oxygen atoms in total. The van der Waals surface area contributed by atoms with Crippen LogP contribution in [0.3, 0.4) is 0 Å². The van der Waals surface area contributed by atoms with Gasteiger partial charge in [-0.2, -0.15) is 5.10 Å². The summed E-state index contributed by atoms with van der Waals surface area (Å²) in [6.45, 7) is 6.08. The van der Waals surface area contributed by atoms with Gasteiger partial charge < -0.3 is 4.74 Å². The first kappa shape index (κ1) is 20.7. The Kier molecular flexibility index (Phi) is 8.53. The van der Waals surface area contributed by atoms with Crippen LogP contribution in [-0.4, -0.2) is 39.4 Å². The van der Waals surface area contributed by atoms with Crippen LogP contribution in [0, 0.1) is 12.8 Å². The number of hydrogen-bond donors (Lipinski definition) is 0. The van der Waals surface area contributed by atoms with Crippen molar-refractivity contribution in [3.05, 3.63) is 41.9 Å². The molecular formula is C17H26Cl2N4O. The van der Waals surface area contributed by atoms with Gasteiger partial charge in [0.15, 0.2) is 0 Å². The molecule has 1 aliphatic heterocycles. The zero-order valence-electron chi connectivity index (χ0n) is 14.2. The minimum absolute atomic E-state index is 0. The number of rotatable bonds is 5. The molecule has 0 bridgehead atoms. The topological polar surface area (TPSA) is 43.2 Å². The van der Waals surface area contributed by atoms with Crippen molar-refractivity contribution < 1.29 is 4.74 Å². The van der Waals surface area contributed by atoms with Gasteiger partial charge in [-0.05, 0) is 44.8 Å². The number of likely N-dealkylation sites (tertiary alicyclic amines) is 1. The zero-order chi connectivity index (χ0) is 15.4. The van der Waals surface area contributed by atoms with Crippen molar-refractivity contribution in [3.63, 3.8) is 0 Å². The van der Waals surface area contributed by atoms with Gasteiger partial charge in [-0.15, -0.1) is 24.8 Å². The van der Waals surface area contributed by atoms with E-state index in [2.05, 4.69) is 21.2 Å². The molecule has 0 saturated carbocycles. The van der Waals surface area contributed by atoms with Gasteiger partial charge in [0.2, 0.25) is 5.88 Å². The molecule has 3 rings (SSSR count). The summed E-state index contributed by atoms with van der Waals surface area (Å²) in [6.07, 6.45) is 8.22. The highest BCUT2D eigenvalue weighted by atomic mass is 35.5. The average molecular weight is 373 g/mol. The van der Waals surface area contributed by atoms with E-state index in [9.17, 15) is 0 Å². The second-order valence-electron chi connectivity index (χ2n) is 6.18. The SMILES string of the molecule is Cc1cccnc1OCC1CCN(Cc2cnn(C)c2)CC1.Cl.Cl. The third kappa shape index (κ3) is 5.65. The van der Waals surface area contributed by atoms with Crippen molar-refractivity contribution >= 4 is 24.8 Å². The van der Waals surface area contributed by atoms with Gasteiger partial charge in [0.1, 0.15) is 0 Å². The molecule has 0 aromatic carbocycles. The van der Waals surface area contributed by atoms with Crippen molar-refractivity contribution in [2.24, 2.45) is 13.0 Å². The van der Waals surface area contributed by atoms with Crippen LogP contribution >= 0.6 is 24.8 Å². The summed E-state index contributed by atoms with van der Waals surface area (Å²) < 4.78 is 7.76. The van der Waals surface area contributed by atoms with Gasteiger partial charge in [-0.1, -0.05) is 6.07 Å². The smallest absolute Gasteiger partial charge is 0.216 e. The predicted octanol–water partition coefficient (Wildman–Crippen LogP) is 3.26. The molecule has 134 valence electrons. The standard InChI is InChI=1S/C17H24N4O.2ClH/c1-14-4-3-7-18-17(14)22-13-15-5-8-21(9-6-15)12-16-10-19-20(2)11-16;;/h3-4,7,10-11,15H,5-6,8-9,12-13H2,1-2H3;2*1H. The Morgan fingerprint density at radius 3 is 2.62 bits per heavy atom. The lowest BCUT2D eigenvalue weighted by atomic mass is 9.97. The van der Waals surface area contributed by atoms with E-state index in [1.807, 2.05) is 37.0 Å². The molecule has 0 N–H and O–H groups in total. The molecule has 0 amide bonds. The average Bonchev–Trinajstić information content (AvgIpc) is 2.93. The molecule has 0 unspecified atom stereocenters. The summed E-state index contributed by atoms with van der Waals surface area (Å²) >= 11 is 0. The molecular weight excluding hydrogens is 347 g/mol. The molecule has 0 aliphatic carbocycles. The fourth-order valence-corrected chi connectivity index (χ4v) is 2.94. The number of hydrogen-bond acceptors (Lipinski definition) is 4. The van der Waals surface area contributed by atoms with Crippen LogP contribution in [0.5, 0.6) is 5.88 Å². The summed E-state index contributed by atoms with van der Waals surface area (Å²) in [6, 6.07) is 3.98. The molecule has 0 atom stereocenters. The van der Waals surface area contributed by atoms with Crippen LogP contribution in [0.25, 0.3) is 0 Å². The van der Waals surface area contributed by atoms with Crippen LogP contribution in [0.1, 0.15) is 24.0 Å². The van der Waals surface area contributed by atoms with Gasteiger partial charge in [0.05, 0.1) is 12.8 Å². The Balaban J connectivity index is 0.00000144. The minimum atomic E-state index is 0. The maximum Gasteiger partial charge on any atom is 0.216 e. The van der Waals surface area contributed by atoms with Gasteiger partial charge in [-0.3, -0.25) is 9.58 Å². The maximum atomic E-state index is 5.89. The number of nitrogens with zero attached hydrogens (tertiary/aromatic N) is 4. The Labute approximate surface area is 156 Å². The molecule has 3 heterocycles. The van der Waals surface area contributed by atoms with E-state index in [1.54, 1.807) is 6.20 Å². The van der Waals surface area contributed by atoms with Crippen molar-refractivity contribution in [3.8, 4) is 5.88 Å². The molecule has 1 aliphatic rings. The Hall–Kier alpha value is -1.30. The maximum absolute atomic E-state index is 5.89. The number of pyridine rings is 1. The fraction of sp³-hybridized carbons (Fsp3) is 0.529. The monoisotopic (exact) mass is 372 g/mol. The Morgan fingerprint density at radius 1 is 1.25 bits per heavy atom. The van der Waals surface area contributed by atoms with Crippen LogP contribution in [0.4, 0.5) is 0 Å². The van der Waals surface area contributed by atoms with Crippen LogP contribution in [-0.2, 0) is 13.6 Å². The van der Waals surface area contributed by atoms with Crippen LogP contribution < -0.4 is 4.74 Å². The van der Waals surface area contributed by atoms with E-state index in [-0.39, 0.29) is 24.8 Å². The molecule has 2 aromatic rings. The number of aryl methyl sites for hydroxylation is 2. The van der Waals surface area contributed by atoms with E-state index in [0.717, 1.165) is 37.7 Å². The summed E-state index contributed by atoms with van der Waals surface area (Å²) in [4.78, 5) is 6.79. The second kappa shape index (κ2) is 9.87. The molecule has 0 radical (unpaired) electrons. The summed E-state index contributed by atoms with van der Waals surface area (Å²) in [5.74, 6) is 1.41. The van der Waals surface area contributed by atoms with E-state index >= 15 is 0 Å². The third-order valence-corrected chi connectivity index (χ3v) is 4.29. The largest absolute Gasteiger partial charge is 0.477 e. The quantitative estimate of drug-likeness (QED) is 0.807. The van der Waals surface area contributed by atoms with Gasteiger partial charge in [0.25, 0.3) is 0 Å². The first-order valence-electron chi connectivity index (χ1n) is 7.95. The van der Waals surface area contributed by atoms with Crippen molar-refractivity contribution in [2.75, 3.05) is 19.7 Å². The molecule has 1 saturated heterocycles. The van der Waals surface area contributed by atoms with Crippen LogP contribution in [0.2, 0.25) is 0 Å². The van der Waals surface area contributed by atoms with Gasteiger partial charge >= 0.3 is 0 Å². The summed E-state index contributed by atoms with van der Waals surface area (Å²) in [5.41, 5.74) is 2.40. The summed E-state index contributed by atoms with van der Waals surface area (Å²) in [5, 5.41) is 4.23. The Bertz CT molecular complexity index is 612. The normalized spacial score (nSPS) is 15.4. The molecule has 24 heavy (non-hydrogen) atoms. The van der Waals surface area contributed by atoms with Crippen LogP contribution in [0.15, 0.2) is 30.7 Å². The Morgan fingerprint density at radius 2 is 2.00 bits per heavy atom. The first-order valence-corrected chi connectivity index (χ1v) is 7.95. The molecule has 2 aromatic heterocycles. The number of halogens is 2. The van der Waals surface area contributed by atoms with Gasteiger partial charge in [0, 0.05) is 37.1 Å². The number of aromatic nitrogens is 3. The van der Waals surface area contributed by atoms with E-state index in [1.165, 1.54) is 18.4 Å². The van der Waals surface area contributed by atoms with E-state index in [0.29, 0.717) is 5.92 Å². The van der Waals surface area contributed by atoms with Gasteiger partial charge in [-0.25, -0.2) is 4.98 Å². The van der Waals surface area contributed by atoms with Crippen molar-refractivity contribution in [2.45, 2.75) is 26.3 Å². The minimum Gasteiger partial charge on any atom is -0.477 e. The number of ether oxygens (including phenoxy) is 1. The van der Waals surface area contributed by atoms with E-state index < -0.39 is 0 Å². The fourth-order valence-electron chi connectivity index (χ4n) is 2.94. The third-order valence-electron chi connectivity index (χ3n) is 4.29. The zero-order valence-corrected chi connectivity index (χ0v) is 15.9. The second-order valence-corrected chi connectivity index (χ2v) is 6.18. The lowest BCUT2D eigenvalue weighted by molar-refractivity contribution is 0.134. The van der Waals surface area contributed by atoms with Crippen molar-refractivity contribution in [1.82, 2.24) is 19.7 Å². The van der Waals surface area contributed by atoms with E-state index in [4.69, 9.17) is 4.74 Å². The number of piperidine rings is 1. The highest BCUT2D eigenvalue weighted by molar-refractivity contribution is 5.85. The van der Waals surface area contributed by atoms with Crippen molar-refractivity contribution in [1.29, 1.82) is 0 Å². The highest BCUT2D eigenvalue weighted by Gasteiger charge is 2.20. The lowest BCUT2D eigenvalue weighted by Gasteiger charge is -2.31. The molecule has 1 fully saturated rings. The lowest BCUT2D eigenvalue weighted by Crippen LogP contribution is -2.35.